The molecule has 1 aromatic heterocycles. The van der Waals surface area contributed by atoms with Gasteiger partial charge in [0.2, 0.25) is 0 Å². The summed E-state index contributed by atoms with van der Waals surface area (Å²) in [4.78, 5) is 15.4. The van der Waals surface area contributed by atoms with Gasteiger partial charge in [-0.1, -0.05) is 0 Å². The third-order valence-electron chi connectivity index (χ3n) is 1.84. The number of hydrogen-bond acceptors (Lipinski definition) is 5. The molecule has 0 atom stereocenters. The number of anilines is 1. The van der Waals surface area contributed by atoms with Gasteiger partial charge in [-0.25, -0.2) is 18.2 Å². The molecule has 1 rings (SSSR count). The Morgan fingerprint density at radius 2 is 2.00 bits per heavy atom. The number of carbonyl (C=O) groups is 1. The van der Waals surface area contributed by atoms with Crippen LogP contribution in [-0.4, -0.2) is 31.4 Å². The Kier molecular flexibility index (Phi) is 4.57. The monoisotopic (exact) mass is 350 g/mol. The Morgan fingerprint density at radius 3 is 2.47 bits per heavy atom. The van der Waals surface area contributed by atoms with Crippen LogP contribution in [0.25, 0.3) is 0 Å². The second-order valence-electron chi connectivity index (χ2n) is 4.90. The third kappa shape index (κ3) is 5.15. The SMILES string of the molecule is CC(C)(C)OC(=O)Nc1ncc(Br)cc1S(C)(=O)=O. The minimum atomic E-state index is -3.51. The van der Waals surface area contributed by atoms with E-state index in [-0.39, 0.29) is 10.7 Å². The molecule has 0 saturated carbocycles. The van der Waals surface area contributed by atoms with Crippen molar-refractivity contribution in [3.8, 4) is 0 Å². The lowest BCUT2D eigenvalue weighted by atomic mass is 10.2. The molecule has 0 spiro atoms. The van der Waals surface area contributed by atoms with Gasteiger partial charge in [-0.2, -0.15) is 0 Å². The van der Waals surface area contributed by atoms with Crippen LogP contribution in [0.5, 0.6) is 0 Å². The van der Waals surface area contributed by atoms with Crippen LogP contribution in [0.2, 0.25) is 0 Å². The van der Waals surface area contributed by atoms with E-state index in [0.29, 0.717) is 4.47 Å². The summed E-state index contributed by atoms with van der Waals surface area (Å²) < 4.78 is 28.8. The number of ether oxygens (including phenoxy) is 1. The topological polar surface area (TPSA) is 85.4 Å². The van der Waals surface area contributed by atoms with Gasteiger partial charge < -0.3 is 4.74 Å². The van der Waals surface area contributed by atoms with Crippen molar-refractivity contribution >= 4 is 37.7 Å². The Bertz CT molecular complexity index is 593. The van der Waals surface area contributed by atoms with E-state index in [9.17, 15) is 13.2 Å². The first kappa shape index (κ1) is 15.9. The Hall–Kier alpha value is -1.15. The molecule has 0 fully saturated rings. The van der Waals surface area contributed by atoms with Crippen molar-refractivity contribution < 1.29 is 17.9 Å². The van der Waals surface area contributed by atoms with E-state index in [1.54, 1.807) is 20.8 Å². The minimum absolute atomic E-state index is 0.0556. The average Bonchev–Trinajstić information content (AvgIpc) is 2.16. The van der Waals surface area contributed by atoms with E-state index in [0.717, 1.165) is 6.26 Å². The number of hydrogen-bond donors (Lipinski definition) is 1. The van der Waals surface area contributed by atoms with Crippen LogP contribution in [0.4, 0.5) is 10.6 Å². The summed E-state index contributed by atoms with van der Waals surface area (Å²) in [6.45, 7) is 5.12. The molecule has 1 heterocycles. The quantitative estimate of drug-likeness (QED) is 0.885. The van der Waals surface area contributed by atoms with Crippen LogP contribution in [0.3, 0.4) is 0 Å². The number of aromatic nitrogens is 1. The first-order valence-electron chi connectivity index (χ1n) is 5.34. The zero-order valence-corrected chi connectivity index (χ0v) is 13.4. The van der Waals surface area contributed by atoms with E-state index in [2.05, 4.69) is 26.2 Å². The summed E-state index contributed by atoms with van der Waals surface area (Å²) in [5.41, 5.74) is -0.676. The second kappa shape index (κ2) is 5.46. The van der Waals surface area contributed by atoms with Gasteiger partial charge >= 0.3 is 6.09 Å². The molecule has 1 aromatic rings. The third-order valence-corrected chi connectivity index (χ3v) is 3.38. The van der Waals surface area contributed by atoms with Gasteiger partial charge in [-0.15, -0.1) is 0 Å². The van der Waals surface area contributed by atoms with E-state index >= 15 is 0 Å². The Morgan fingerprint density at radius 1 is 1.42 bits per heavy atom. The molecule has 0 unspecified atom stereocenters. The maximum Gasteiger partial charge on any atom is 0.413 e. The maximum absolute atomic E-state index is 11.6. The number of rotatable bonds is 2. The molecule has 106 valence electrons. The minimum Gasteiger partial charge on any atom is -0.444 e. The molecule has 0 aromatic carbocycles. The van der Waals surface area contributed by atoms with Crippen LogP contribution in [0.15, 0.2) is 21.6 Å². The lowest BCUT2D eigenvalue weighted by Crippen LogP contribution is -2.28. The number of amides is 1. The fraction of sp³-hybridized carbons (Fsp3) is 0.455. The zero-order chi connectivity index (χ0) is 14.8. The van der Waals surface area contributed by atoms with Crippen molar-refractivity contribution in [2.24, 2.45) is 0 Å². The fourth-order valence-electron chi connectivity index (χ4n) is 1.20. The average molecular weight is 351 g/mol. The Balaban J connectivity index is 3.06. The molecule has 8 heteroatoms. The van der Waals surface area contributed by atoms with Gasteiger partial charge in [0.05, 0.1) is 0 Å². The Labute approximate surface area is 120 Å². The van der Waals surface area contributed by atoms with E-state index in [1.165, 1.54) is 12.3 Å². The molecule has 0 radical (unpaired) electrons. The van der Waals surface area contributed by atoms with Gasteiger partial charge in [-0.3, -0.25) is 5.32 Å². The summed E-state index contributed by atoms with van der Waals surface area (Å²) in [6.07, 6.45) is 1.67. The van der Waals surface area contributed by atoms with Gasteiger partial charge in [0.1, 0.15) is 10.5 Å². The highest BCUT2D eigenvalue weighted by Crippen LogP contribution is 2.23. The standard InChI is InChI=1S/C11H15BrN2O4S/c1-11(2,3)18-10(15)14-9-8(19(4,16)17)5-7(12)6-13-9/h5-6H,1-4H3,(H,13,14,15). The van der Waals surface area contributed by atoms with Crippen LogP contribution >= 0.6 is 15.9 Å². The summed E-state index contributed by atoms with van der Waals surface area (Å²) in [5.74, 6) is -0.0556. The van der Waals surface area contributed by atoms with Crippen LogP contribution < -0.4 is 5.32 Å². The van der Waals surface area contributed by atoms with Crippen molar-refractivity contribution in [2.45, 2.75) is 31.3 Å². The molecule has 1 N–H and O–H groups in total. The number of nitrogens with one attached hydrogen (secondary N) is 1. The highest BCUT2D eigenvalue weighted by Gasteiger charge is 2.21. The predicted molar refractivity (Wildman–Crippen MR) is 74.9 cm³/mol. The summed E-state index contributed by atoms with van der Waals surface area (Å²) in [6, 6.07) is 1.37. The van der Waals surface area contributed by atoms with Crippen LogP contribution in [0, 0.1) is 0 Å². The lowest BCUT2D eigenvalue weighted by Gasteiger charge is -2.19. The number of sulfone groups is 1. The summed E-state index contributed by atoms with van der Waals surface area (Å²) >= 11 is 3.13. The van der Waals surface area contributed by atoms with Gasteiger partial charge in [0.25, 0.3) is 0 Å². The molecule has 0 aliphatic heterocycles. The lowest BCUT2D eigenvalue weighted by molar-refractivity contribution is 0.0635. The molecule has 0 saturated heterocycles. The van der Waals surface area contributed by atoms with Crippen LogP contribution in [0.1, 0.15) is 20.8 Å². The van der Waals surface area contributed by atoms with Crippen molar-refractivity contribution in [2.75, 3.05) is 11.6 Å². The number of halogens is 1. The highest BCUT2D eigenvalue weighted by atomic mass is 79.9. The highest BCUT2D eigenvalue weighted by molar-refractivity contribution is 9.10. The normalized spacial score (nSPS) is 12.1. The molecule has 0 aliphatic carbocycles. The van der Waals surface area contributed by atoms with Gasteiger partial charge in [-0.05, 0) is 42.8 Å². The predicted octanol–water partition coefficient (Wildman–Crippen LogP) is 2.59. The smallest absolute Gasteiger partial charge is 0.413 e. The largest absolute Gasteiger partial charge is 0.444 e. The van der Waals surface area contributed by atoms with Crippen LogP contribution in [-0.2, 0) is 14.6 Å². The molecular formula is C11H15BrN2O4S. The van der Waals surface area contributed by atoms with Crippen molar-refractivity contribution in [1.82, 2.24) is 4.98 Å². The summed E-state index contributed by atoms with van der Waals surface area (Å²) in [5, 5.41) is 2.33. The maximum atomic E-state index is 11.6. The fourth-order valence-corrected chi connectivity index (χ4v) is 2.48. The molecule has 0 aliphatic rings. The zero-order valence-electron chi connectivity index (χ0n) is 11.0. The number of nitrogens with zero attached hydrogens (tertiary/aromatic N) is 1. The first-order valence-corrected chi connectivity index (χ1v) is 8.03. The van der Waals surface area contributed by atoms with E-state index in [1.807, 2.05) is 0 Å². The second-order valence-corrected chi connectivity index (χ2v) is 7.80. The molecule has 6 nitrogen and oxygen atoms in total. The molecule has 19 heavy (non-hydrogen) atoms. The molecule has 0 bridgehead atoms. The van der Waals surface area contributed by atoms with Crippen molar-refractivity contribution in [1.29, 1.82) is 0 Å². The number of carbonyl (C=O) groups excluding carboxylic acids is 1. The van der Waals surface area contributed by atoms with E-state index in [4.69, 9.17) is 4.74 Å². The van der Waals surface area contributed by atoms with Crippen molar-refractivity contribution in [3.05, 3.63) is 16.7 Å². The van der Waals surface area contributed by atoms with E-state index < -0.39 is 21.5 Å². The van der Waals surface area contributed by atoms with Crippen molar-refractivity contribution in [3.63, 3.8) is 0 Å². The first-order chi connectivity index (χ1) is 8.49. The molecule has 1 amide bonds. The van der Waals surface area contributed by atoms with Gasteiger partial charge in [0, 0.05) is 16.9 Å². The molecular weight excluding hydrogens is 336 g/mol. The van der Waals surface area contributed by atoms with Gasteiger partial charge in [0.15, 0.2) is 15.7 Å². The number of pyridine rings is 1. The summed E-state index contributed by atoms with van der Waals surface area (Å²) in [7, 11) is -3.51.